The van der Waals surface area contributed by atoms with Crippen LogP contribution in [0.5, 0.6) is 0 Å². The Balaban J connectivity index is 3.04. The van der Waals surface area contributed by atoms with Crippen molar-refractivity contribution in [1.82, 2.24) is 0 Å². The molecule has 0 radical (unpaired) electrons. The van der Waals surface area contributed by atoms with Gasteiger partial charge in [-0.25, -0.2) is 0 Å². The number of nitrogens with two attached hydrogens (primary N) is 1. The Morgan fingerprint density at radius 3 is 2.75 bits per heavy atom. The molecule has 1 atom stereocenters. The van der Waals surface area contributed by atoms with Gasteiger partial charge < -0.3 is 5.73 Å². The Kier molecular flexibility index (Phi) is 4.26. The zero-order valence-electron chi connectivity index (χ0n) is 8.02. The molecule has 0 aliphatic carbocycles. The van der Waals surface area contributed by atoms with Gasteiger partial charge in [0.2, 0.25) is 5.91 Å². The smallest absolute Gasteiger partial charge is 0.274 e. The van der Waals surface area contributed by atoms with Crippen LogP contribution in [0.2, 0.25) is 5.02 Å². The van der Waals surface area contributed by atoms with Crippen LogP contribution in [0, 0.1) is 10.1 Å². The Hall–Kier alpha value is -1.14. The lowest BCUT2D eigenvalue weighted by molar-refractivity contribution is -0.385. The quantitative estimate of drug-likeness (QED) is 0.524. The van der Waals surface area contributed by atoms with E-state index in [0.717, 1.165) is 0 Å². The Morgan fingerprint density at radius 2 is 2.25 bits per heavy atom. The SMILES string of the molecule is NC(=O)C(Br)Cc1ccc(Cl)cc1[N+](=O)[O-]. The fraction of sp³-hybridized carbons (Fsp3) is 0.222. The van der Waals surface area contributed by atoms with Gasteiger partial charge >= 0.3 is 0 Å². The van der Waals surface area contributed by atoms with Crippen LogP contribution in [-0.2, 0) is 11.2 Å². The van der Waals surface area contributed by atoms with E-state index in [1.165, 1.54) is 18.2 Å². The van der Waals surface area contributed by atoms with Crippen molar-refractivity contribution in [3.8, 4) is 0 Å². The number of benzene rings is 1. The molecule has 0 saturated carbocycles. The number of nitrogens with zero attached hydrogens (tertiary/aromatic N) is 1. The van der Waals surface area contributed by atoms with Gasteiger partial charge in [-0.3, -0.25) is 14.9 Å². The molecular weight excluding hydrogens is 299 g/mol. The molecule has 0 heterocycles. The first-order valence-corrected chi connectivity index (χ1v) is 5.57. The number of nitro benzene ring substituents is 1. The molecule has 0 bridgehead atoms. The molecule has 1 amide bonds. The molecule has 0 saturated heterocycles. The second-order valence-electron chi connectivity index (χ2n) is 3.10. The number of carbonyl (C=O) groups excluding carboxylic acids is 1. The fourth-order valence-electron chi connectivity index (χ4n) is 1.17. The van der Waals surface area contributed by atoms with E-state index in [9.17, 15) is 14.9 Å². The molecule has 1 aromatic carbocycles. The van der Waals surface area contributed by atoms with Crippen LogP contribution in [0.25, 0.3) is 0 Å². The molecule has 7 heteroatoms. The third kappa shape index (κ3) is 3.18. The molecule has 1 rings (SSSR count). The largest absolute Gasteiger partial charge is 0.369 e. The number of hydrogen-bond acceptors (Lipinski definition) is 3. The number of hydrogen-bond donors (Lipinski definition) is 1. The third-order valence-electron chi connectivity index (χ3n) is 1.95. The maximum absolute atomic E-state index is 10.8. The summed E-state index contributed by atoms with van der Waals surface area (Å²) in [6, 6.07) is 4.29. The zero-order valence-corrected chi connectivity index (χ0v) is 10.4. The number of alkyl halides is 1. The maximum Gasteiger partial charge on any atom is 0.274 e. The zero-order chi connectivity index (χ0) is 12.3. The summed E-state index contributed by atoms with van der Waals surface area (Å²) in [5.41, 5.74) is 5.36. The first kappa shape index (κ1) is 12.9. The second kappa shape index (κ2) is 5.27. The van der Waals surface area contributed by atoms with Crippen LogP contribution in [0.4, 0.5) is 5.69 Å². The summed E-state index contributed by atoms with van der Waals surface area (Å²) >= 11 is 8.70. The minimum absolute atomic E-state index is 0.113. The second-order valence-corrected chi connectivity index (χ2v) is 4.65. The Morgan fingerprint density at radius 1 is 1.62 bits per heavy atom. The van der Waals surface area contributed by atoms with Crippen molar-refractivity contribution in [2.45, 2.75) is 11.2 Å². The minimum Gasteiger partial charge on any atom is -0.369 e. The fourth-order valence-corrected chi connectivity index (χ4v) is 1.69. The van der Waals surface area contributed by atoms with Gasteiger partial charge in [0.15, 0.2) is 0 Å². The van der Waals surface area contributed by atoms with E-state index in [0.29, 0.717) is 5.56 Å². The molecule has 16 heavy (non-hydrogen) atoms. The molecule has 0 aliphatic heterocycles. The van der Waals surface area contributed by atoms with Crippen LogP contribution >= 0.6 is 27.5 Å². The lowest BCUT2D eigenvalue weighted by atomic mass is 10.1. The van der Waals surface area contributed by atoms with Gasteiger partial charge in [-0.15, -0.1) is 0 Å². The highest BCUT2D eigenvalue weighted by Gasteiger charge is 2.19. The van der Waals surface area contributed by atoms with Gasteiger partial charge in [-0.05, 0) is 6.07 Å². The molecule has 86 valence electrons. The van der Waals surface area contributed by atoms with Gasteiger partial charge in [-0.1, -0.05) is 33.6 Å². The van der Waals surface area contributed by atoms with Gasteiger partial charge in [0.1, 0.15) is 0 Å². The summed E-state index contributed by atoms with van der Waals surface area (Å²) in [4.78, 5) is 20.4. The Bertz CT molecular complexity index is 439. The van der Waals surface area contributed by atoms with Crippen molar-refractivity contribution < 1.29 is 9.72 Å². The number of amides is 1. The highest BCUT2D eigenvalue weighted by atomic mass is 79.9. The van der Waals surface area contributed by atoms with E-state index in [2.05, 4.69) is 15.9 Å². The first-order chi connectivity index (χ1) is 7.41. The summed E-state index contributed by atoms with van der Waals surface area (Å²) in [5.74, 6) is -0.566. The summed E-state index contributed by atoms with van der Waals surface area (Å²) in [7, 11) is 0. The van der Waals surface area contributed by atoms with Crippen molar-refractivity contribution in [3.05, 3.63) is 38.9 Å². The monoisotopic (exact) mass is 306 g/mol. The van der Waals surface area contributed by atoms with Crippen molar-refractivity contribution >= 4 is 39.1 Å². The van der Waals surface area contributed by atoms with Gasteiger partial charge in [-0.2, -0.15) is 0 Å². The average molecular weight is 308 g/mol. The summed E-state index contributed by atoms with van der Waals surface area (Å²) < 4.78 is 0. The molecule has 1 aromatic rings. The van der Waals surface area contributed by atoms with Crippen LogP contribution < -0.4 is 5.73 Å². The lowest BCUT2D eigenvalue weighted by Crippen LogP contribution is -2.25. The van der Waals surface area contributed by atoms with Gasteiger partial charge in [0, 0.05) is 23.1 Å². The molecule has 5 nitrogen and oxygen atoms in total. The van der Waals surface area contributed by atoms with Crippen molar-refractivity contribution in [1.29, 1.82) is 0 Å². The van der Waals surface area contributed by atoms with E-state index >= 15 is 0 Å². The maximum atomic E-state index is 10.8. The summed E-state index contributed by atoms with van der Waals surface area (Å²) in [6.45, 7) is 0. The molecule has 0 fully saturated rings. The molecule has 0 aliphatic rings. The van der Waals surface area contributed by atoms with Crippen molar-refractivity contribution in [2.24, 2.45) is 5.73 Å². The van der Waals surface area contributed by atoms with E-state index in [-0.39, 0.29) is 17.1 Å². The number of halogens is 2. The summed E-state index contributed by atoms with van der Waals surface area (Å²) in [5, 5.41) is 11.0. The van der Waals surface area contributed by atoms with Crippen LogP contribution in [-0.4, -0.2) is 15.7 Å². The Labute approximate surface area is 105 Å². The average Bonchev–Trinajstić information content (AvgIpc) is 2.20. The molecule has 2 N–H and O–H groups in total. The molecule has 0 aromatic heterocycles. The lowest BCUT2D eigenvalue weighted by Gasteiger charge is -2.06. The first-order valence-electron chi connectivity index (χ1n) is 4.28. The summed E-state index contributed by atoms with van der Waals surface area (Å²) in [6.07, 6.45) is 0.156. The predicted octanol–water partition coefficient (Wildman–Crippen LogP) is 2.04. The predicted molar refractivity (Wildman–Crippen MR) is 63.7 cm³/mol. The van der Waals surface area contributed by atoms with E-state index < -0.39 is 15.7 Å². The standard InChI is InChI=1S/C9H8BrClN2O3/c10-7(9(12)14)3-5-1-2-6(11)4-8(5)13(15)16/h1-2,4,7H,3H2,(H2,12,14). The van der Waals surface area contributed by atoms with Crippen molar-refractivity contribution in [2.75, 3.05) is 0 Å². The van der Waals surface area contributed by atoms with E-state index in [4.69, 9.17) is 17.3 Å². The molecular formula is C9H8BrClN2O3. The minimum atomic E-state index is -0.632. The van der Waals surface area contributed by atoms with E-state index in [1.54, 1.807) is 0 Å². The van der Waals surface area contributed by atoms with Crippen LogP contribution in [0.15, 0.2) is 18.2 Å². The third-order valence-corrected chi connectivity index (χ3v) is 2.96. The molecule has 1 unspecified atom stereocenters. The number of rotatable bonds is 4. The van der Waals surface area contributed by atoms with Crippen LogP contribution in [0.3, 0.4) is 0 Å². The van der Waals surface area contributed by atoms with E-state index in [1.807, 2.05) is 0 Å². The number of carbonyl (C=O) groups is 1. The highest BCUT2D eigenvalue weighted by Crippen LogP contribution is 2.25. The van der Waals surface area contributed by atoms with Gasteiger partial charge in [0.25, 0.3) is 5.69 Å². The van der Waals surface area contributed by atoms with Crippen molar-refractivity contribution in [3.63, 3.8) is 0 Å². The number of nitro groups is 1. The van der Waals surface area contributed by atoms with Gasteiger partial charge in [0.05, 0.1) is 9.75 Å². The normalized spacial score (nSPS) is 12.1. The van der Waals surface area contributed by atoms with Crippen LogP contribution in [0.1, 0.15) is 5.56 Å². The molecule has 0 spiro atoms. The highest BCUT2D eigenvalue weighted by molar-refractivity contribution is 9.10. The topological polar surface area (TPSA) is 86.2 Å². The number of primary amides is 1.